The van der Waals surface area contributed by atoms with Gasteiger partial charge in [0.1, 0.15) is 12.2 Å². The zero-order chi connectivity index (χ0) is 17.6. The maximum absolute atomic E-state index is 11.6. The molecule has 1 aliphatic heterocycles. The highest BCUT2D eigenvalue weighted by molar-refractivity contribution is 9.10. The smallest absolute Gasteiger partial charge is 0.332 e. The van der Waals surface area contributed by atoms with Gasteiger partial charge in [0.05, 0.1) is 6.61 Å². The topological polar surface area (TPSA) is 42.0 Å². The fourth-order valence-corrected chi connectivity index (χ4v) is 2.87. The van der Waals surface area contributed by atoms with Crippen molar-refractivity contribution in [2.75, 3.05) is 50.8 Å². The second-order valence-corrected chi connectivity index (χ2v) is 7.86. The summed E-state index contributed by atoms with van der Waals surface area (Å²) < 4.78 is 11.8. The lowest BCUT2D eigenvalue weighted by Crippen LogP contribution is -2.47. The van der Waals surface area contributed by atoms with Gasteiger partial charge in [-0.25, -0.2) is 4.79 Å². The van der Waals surface area contributed by atoms with Crippen LogP contribution >= 0.6 is 15.9 Å². The zero-order valence-corrected chi connectivity index (χ0v) is 16.3. The van der Waals surface area contributed by atoms with Crippen LogP contribution in [0.3, 0.4) is 0 Å². The summed E-state index contributed by atoms with van der Waals surface area (Å²) >= 11 is 3.47. The number of esters is 1. The van der Waals surface area contributed by atoms with Gasteiger partial charge in [0.15, 0.2) is 0 Å². The van der Waals surface area contributed by atoms with Crippen molar-refractivity contribution in [1.29, 1.82) is 0 Å². The molecule has 0 spiro atoms. The van der Waals surface area contributed by atoms with Crippen molar-refractivity contribution in [3.05, 3.63) is 28.7 Å². The number of carbonyl (C=O) groups is 1. The molecule has 0 aliphatic carbocycles. The molecule has 0 radical (unpaired) electrons. The first-order valence-electron chi connectivity index (χ1n) is 8.36. The van der Waals surface area contributed by atoms with Gasteiger partial charge in [0, 0.05) is 42.9 Å². The minimum Gasteiger partial charge on any atom is -0.458 e. The molecule has 2 rings (SSSR count). The summed E-state index contributed by atoms with van der Waals surface area (Å²) in [5.41, 5.74) is 0.808. The van der Waals surface area contributed by atoms with Crippen molar-refractivity contribution in [3.63, 3.8) is 0 Å². The molecule has 0 N–H and O–H groups in total. The third-order valence-corrected chi connectivity index (χ3v) is 4.28. The molecule has 1 saturated heterocycles. The van der Waals surface area contributed by atoms with Crippen LogP contribution in [0.1, 0.15) is 20.8 Å². The minimum absolute atomic E-state index is 0.0239. The predicted molar refractivity (Wildman–Crippen MR) is 99.5 cm³/mol. The van der Waals surface area contributed by atoms with Gasteiger partial charge in [-0.2, -0.15) is 0 Å². The fourth-order valence-electron chi connectivity index (χ4n) is 2.60. The molecule has 6 heteroatoms. The van der Waals surface area contributed by atoms with E-state index in [0.29, 0.717) is 6.61 Å². The molecule has 1 heterocycles. The lowest BCUT2D eigenvalue weighted by atomic mass is 10.2. The number of ether oxygens (including phenoxy) is 2. The van der Waals surface area contributed by atoms with Crippen molar-refractivity contribution < 1.29 is 14.3 Å². The number of rotatable bonds is 6. The Morgan fingerprint density at radius 2 is 1.75 bits per heavy atom. The Balaban J connectivity index is 1.61. The third-order valence-electron chi connectivity index (χ3n) is 3.76. The number of piperazine rings is 1. The van der Waals surface area contributed by atoms with Crippen LogP contribution in [-0.2, 0) is 14.3 Å². The highest BCUT2D eigenvalue weighted by Gasteiger charge is 2.18. The lowest BCUT2D eigenvalue weighted by Gasteiger charge is -2.36. The highest BCUT2D eigenvalue weighted by atomic mass is 79.9. The first-order valence-corrected chi connectivity index (χ1v) is 9.15. The summed E-state index contributed by atoms with van der Waals surface area (Å²) in [5, 5.41) is 0. The van der Waals surface area contributed by atoms with E-state index < -0.39 is 5.60 Å². The number of hydrogen-bond acceptors (Lipinski definition) is 5. The number of benzene rings is 1. The van der Waals surface area contributed by atoms with E-state index in [9.17, 15) is 4.79 Å². The van der Waals surface area contributed by atoms with E-state index in [0.717, 1.165) is 37.2 Å². The molecule has 134 valence electrons. The van der Waals surface area contributed by atoms with Crippen molar-refractivity contribution in [2.45, 2.75) is 26.4 Å². The fraction of sp³-hybridized carbons (Fsp3) is 0.611. The van der Waals surface area contributed by atoms with Crippen molar-refractivity contribution in [1.82, 2.24) is 4.90 Å². The summed E-state index contributed by atoms with van der Waals surface area (Å²) in [5.74, 6) is -0.303. The van der Waals surface area contributed by atoms with Crippen LogP contribution in [-0.4, -0.2) is 62.4 Å². The first kappa shape index (κ1) is 19.2. The Kier molecular flexibility index (Phi) is 7.07. The number of anilines is 1. The van der Waals surface area contributed by atoms with Gasteiger partial charge in [0.2, 0.25) is 0 Å². The largest absolute Gasteiger partial charge is 0.458 e. The quantitative estimate of drug-likeness (QED) is 0.544. The minimum atomic E-state index is -0.455. The van der Waals surface area contributed by atoms with E-state index in [1.807, 2.05) is 20.8 Å². The molecule has 1 aromatic rings. The number of nitrogens with zero attached hydrogens (tertiary/aromatic N) is 2. The Labute approximate surface area is 153 Å². The summed E-state index contributed by atoms with van der Waals surface area (Å²) in [6.45, 7) is 11.0. The Bertz CT molecular complexity index is 520. The Morgan fingerprint density at radius 3 is 2.33 bits per heavy atom. The van der Waals surface area contributed by atoms with Gasteiger partial charge in [-0.15, -0.1) is 0 Å². The van der Waals surface area contributed by atoms with Crippen molar-refractivity contribution in [2.24, 2.45) is 0 Å². The van der Waals surface area contributed by atoms with Gasteiger partial charge in [-0.3, -0.25) is 4.90 Å². The monoisotopic (exact) mass is 398 g/mol. The molecule has 24 heavy (non-hydrogen) atoms. The van der Waals surface area contributed by atoms with E-state index in [4.69, 9.17) is 9.47 Å². The summed E-state index contributed by atoms with van der Waals surface area (Å²) in [4.78, 5) is 16.3. The summed E-state index contributed by atoms with van der Waals surface area (Å²) in [6.07, 6.45) is 0. The number of halogens is 1. The summed E-state index contributed by atoms with van der Waals surface area (Å²) in [7, 11) is 0. The number of hydrogen-bond donors (Lipinski definition) is 0. The highest BCUT2D eigenvalue weighted by Crippen LogP contribution is 2.19. The third kappa shape index (κ3) is 6.79. The molecule has 0 bridgehead atoms. The molecule has 0 amide bonds. The van der Waals surface area contributed by atoms with Crippen molar-refractivity contribution >= 4 is 27.6 Å². The van der Waals surface area contributed by atoms with E-state index in [1.54, 1.807) is 0 Å². The normalized spacial score (nSPS) is 16.2. The summed E-state index contributed by atoms with van der Waals surface area (Å²) in [6, 6.07) is 8.44. The van der Waals surface area contributed by atoms with Crippen LogP contribution in [0.5, 0.6) is 0 Å². The standard InChI is InChI=1S/C18H27BrN2O3/c1-18(2,3)24-17(22)14-23-13-12-20-8-10-21(11-9-20)16-6-4-15(19)5-7-16/h4-7H,8-14H2,1-3H3. The molecular formula is C18H27BrN2O3. The second-order valence-electron chi connectivity index (χ2n) is 6.94. The maximum Gasteiger partial charge on any atom is 0.332 e. The molecule has 1 aliphatic rings. The Hall–Kier alpha value is -1.11. The van der Waals surface area contributed by atoms with Crippen molar-refractivity contribution in [3.8, 4) is 0 Å². The average molecular weight is 399 g/mol. The van der Waals surface area contributed by atoms with Gasteiger partial charge < -0.3 is 14.4 Å². The van der Waals surface area contributed by atoms with Gasteiger partial charge in [0.25, 0.3) is 0 Å². The number of carbonyl (C=O) groups excluding carboxylic acids is 1. The van der Waals surface area contributed by atoms with Crippen LogP contribution in [0.15, 0.2) is 28.7 Å². The van der Waals surface area contributed by atoms with E-state index in [-0.39, 0.29) is 12.6 Å². The van der Waals surface area contributed by atoms with Crippen LogP contribution in [0.25, 0.3) is 0 Å². The van der Waals surface area contributed by atoms with Gasteiger partial charge in [-0.1, -0.05) is 15.9 Å². The molecule has 0 saturated carbocycles. The first-order chi connectivity index (χ1) is 11.3. The average Bonchev–Trinajstić information content (AvgIpc) is 2.51. The van der Waals surface area contributed by atoms with Crippen LogP contribution in [0.2, 0.25) is 0 Å². The lowest BCUT2D eigenvalue weighted by molar-refractivity contribution is -0.160. The van der Waals surface area contributed by atoms with Crippen LogP contribution in [0.4, 0.5) is 5.69 Å². The van der Waals surface area contributed by atoms with E-state index in [1.165, 1.54) is 5.69 Å². The molecular weight excluding hydrogens is 372 g/mol. The van der Waals surface area contributed by atoms with Gasteiger partial charge in [-0.05, 0) is 45.0 Å². The molecule has 0 unspecified atom stereocenters. The SMILES string of the molecule is CC(C)(C)OC(=O)COCCN1CCN(c2ccc(Br)cc2)CC1. The molecule has 0 aromatic heterocycles. The maximum atomic E-state index is 11.6. The molecule has 1 aromatic carbocycles. The van der Waals surface area contributed by atoms with E-state index in [2.05, 4.69) is 50.0 Å². The molecule has 0 atom stereocenters. The molecule has 5 nitrogen and oxygen atoms in total. The van der Waals surface area contributed by atoms with Gasteiger partial charge >= 0.3 is 5.97 Å². The Morgan fingerprint density at radius 1 is 1.12 bits per heavy atom. The van der Waals surface area contributed by atoms with E-state index >= 15 is 0 Å². The van der Waals surface area contributed by atoms with Crippen LogP contribution in [0, 0.1) is 0 Å². The zero-order valence-electron chi connectivity index (χ0n) is 14.8. The second kappa shape index (κ2) is 8.83. The van der Waals surface area contributed by atoms with Crippen LogP contribution < -0.4 is 4.90 Å². The molecule has 1 fully saturated rings. The predicted octanol–water partition coefficient (Wildman–Crippen LogP) is 2.93.